The largest absolute Gasteiger partial charge is 0.322 e. The number of anilines is 2. The van der Waals surface area contributed by atoms with E-state index >= 15 is 0 Å². The third kappa shape index (κ3) is 4.27. The first-order chi connectivity index (χ1) is 16.3. The molecule has 4 rings (SSSR count). The number of benzene rings is 3. The topological polar surface area (TPSA) is 86.8 Å². The van der Waals surface area contributed by atoms with Crippen LogP contribution >= 0.6 is 0 Å². The predicted octanol–water partition coefficient (Wildman–Crippen LogP) is 3.62. The quantitative estimate of drug-likeness (QED) is 0.566. The summed E-state index contributed by atoms with van der Waals surface area (Å²) in [5.74, 6) is -4.41. The van der Waals surface area contributed by atoms with Crippen LogP contribution in [0, 0.1) is 11.6 Å². The second-order valence-corrected chi connectivity index (χ2v) is 7.63. The van der Waals surface area contributed by atoms with E-state index in [9.17, 15) is 28.0 Å². The highest BCUT2D eigenvalue weighted by Crippen LogP contribution is 2.24. The Labute approximate surface area is 193 Å². The van der Waals surface area contributed by atoms with Crippen molar-refractivity contribution in [3.05, 3.63) is 95.6 Å². The lowest BCUT2D eigenvalue weighted by Crippen LogP contribution is -2.50. The molecule has 3 aromatic rings. The van der Waals surface area contributed by atoms with Gasteiger partial charge in [-0.3, -0.25) is 29.0 Å². The molecule has 1 aliphatic rings. The molecule has 1 unspecified atom stereocenters. The summed E-state index contributed by atoms with van der Waals surface area (Å²) in [6.07, 6.45) is 0. The Kier molecular flexibility index (Phi) is 6.18. The highest BCUT2D eigenvalue weighted by atomic mass is 19.1. The number of para-hydroxylation sites is 1. The highest BCUT2D eigenvalue weighted by molar-refractivity contribution is 6.23. The third-order valence-corrected chi connectivity index (χ3v) is 5.43. The van der Waals surface area contributed by atoms with Gasteiger partial charge in [0, 0.05) is 11.8 Å². The van der Waals surface area contributed by atoms with Crippen molar-refractivity contribution >= 4 is 35.0 Å². The van der Waals surface area contributed by atoms with Crippen LogP contribution in [0.5, 0.6) is 0 Å². The molecule has 1 aliphatic heterocycles. The fourth-order valence-corrected chi connectivity index (χ4v) is 3.71. The van der Waals surface area contributed by atoms with E-state index in [2.05, 4.69) is 5.32 Å². The SMILES string of the molecule is CC(C(=O)Nc1ccc(F)cc1F)N(C(=O)CN1C(=O)c2ccccc2C1=O)c1ccccc1. The number of fused-ring (bicyclic) bond motifs is 1. The molecule has 0 aromatic heterocycles. The number of nitrogens with zero attached hydrogens (tertiary/aromatic N) is 2. The lowest BCUT2D eigenvalue weighted by atomic mass is 10.1. The number of carbonyl (C=O) groups is 4. The Balaban J connectivity index is 1.59. The van der Waals surface area contributed by atoms with Crippen LogP contribution in [-0.2, 0) is 9.59 Å². The van der Waals surface area contributed by atoms with E-state index in [1.807, 2.05) is 0 Å². The number of imide groups is 1. The molecule has 7 nitrogen and oxygen atoms in total. The van der Waals surface area contributed by atoms with E-state index in [-0.39, 0.29) is 16.8 Å². The molecule has 0 saturated carbocycles. The minimum atomic E-state index is -1.16. The third-order valence-electron chi connectivity index (χ3n) is 5.43. The fourth-order valence-electron chi connectivity index (χ4n) is 3.71. The Morgan fingerprint density at radius 3 is 2.09 bits per heavy atom. The van der Waals surface area contributed by atoms with Gasteiger partial charge in [0.15, 0.2) is 0 Å². The number of hydrogen-bond donors (Lipinski definition) is 1. The molecule has 34 heavy (non-hydrogen) atoms. The van der Waals surface area contributed by atoms with Crippen LogP contribution in [0.4, 0.5) is 20.2 Å². The average molecular weight is 463 g/mol. The second-order valence-electron chi connectivity index (χ2n) is 7.63. The van der Waals surface area contributed by atoms with Gasteiger partial charge in [-0.25, -0.2) is 8.78 Å². The normalized spacial score (nSPS) is 13.4. The van der Waals surface area contributed by atoms with E-state index in [1.165, 1.54) is 19.1 Å². The molecule has 3 aromatic carbocycles. The zero-order chi connectivity index (χ0) is 24.4. The van der Waals surface area contributed by atoms with Gasteiger partial charge in [0.2, 0.25) is 11.8 Å². The number of amides is 4. The maximum Gasteiger partial charge on any atom is 0.262 e. The Bertz CT molecular complexity index is 1260. The van der Waals surface area contributed by atoms with Crippen molar-refractivity contribution in [1.82, 2.24) is 4.90 Å². The highest BCUT2D eigenvalue weighted by Gasteiger charge is 2.38. The first kappa shape index (κ1) is 22.8. The van der Waals surface area contributed by atoms with Gasteiger partial charge in [-0.1, -0.05) is 30.3 Å². The van der Waals surface area contributed by atoms with Crippen molar-refractivity contribution < 1.29 is 28.0 Å². The van der Waals surface area contributed by atoms with Crippen molar-refractivity contribution in [2.24, 2.45) is 0 Å². The molecule has 0 radical (unpaired) electrons. The van der Waals surface area contributed by atoms with Crippen molar-refractivity contribution in [1.29, 1.82) is 0 Å². The molecule has 4 amide bonds. The van der Waals surface area contributed by atoms with E-state index in [1.54, 1.807) is 42.5 Å². The lowest BCUT2D eigenvalue weighted by molar-refractivity contribution is -0.123. The summed E-state index contributed by atoms with van der Waals surface area (Å²) in [5, 5.41) is 2.35. The summed E-state index contributed by atoms with van der Waals surface area (Å²) >= 11 is 0. The van der Waals surface area contributed by atoms with Crippen molar-refractivity contribution in [2.75, 3.05) is 16.8 Å². The van der Waals surface area contributed by atoms with E-state index < -0.39 is 47.8 Å². The maximum absolute atomic E-state index is 14.0. The van der Waals surface area contributed by atoms with Crippen LogP contribution in [0.15, 0.2) is 72.8 Å². The summed E-state index contributed by atoms with van der Waals surface area (Å²) in [6, 6.07) is 16.0. The van der Waals surface area contributed by atoms with Crippen LogP contribution in [0.25, 0.3) is 0 Å². The molecule has 9 heteroatoms. The van der Waals surface area contributed by atoms with Gasteiger partial charge in [-0.15, -0.1) is 0 Å². The van der Waals surface area contributed by atoms with E-state index in [0.717, 1.165) is 21.9 Å². The zero-order valence-electron chi connectivity index (χ0n) is 18.0. The first-order valence-electron chi connectivity index (χ1n) is 10.4. The van der Waals surface area contributed by atoms with Crippen LogP contribution in [0.2, 0.25) is 0 Å². The van der Waals surface area contributed by atoms with Gasteiger partial charge in [-0.05, 0) is 43.3 Å². The molecule has 1 atom stereocenters. The van der Waals surface area contributed by atoms with E-state index in [0.29, 0.717) is 11.8 Å². The van der Waals surface area contributed by atoms with Gasteiger partial charge in [0.1, 0.15) is 24.2 Å². The van der Waals surface area contributed by atoms with Gasteiger partial charge >= 0.3 is 0 Å². The number of carbonyl (C=O) groups excluding carboxylic acids is 4. The summed E-state index contributed by atoms with van der Waals surface area (Å²) in [5.41, 5.74) is 0.485. The minimum Gasteiger partial charge on any atom is -0.322 e. The number of halogens is 2. The van der Waals surface area contributed by atoms with Crippen molar-refractivity contribution in [3.63, 3.8) is 0 Å². The van der Waals surface area contributed by atoms with Gasteiger partial charge in [0.05, 0.1) is 16.8 Å². The molecule has 0 saturated heterocycles. The molecule has 172 valence electrons. The molecular formula is C25H19F2N3O4. The smallest absolute Gasteiger partial charge is 0.262 e. The molecule has 0 fully saturated rings. The second kappa shape index (κ2) is 9.22. The lowest BCUT2D eigenvalue weighted by Gasteiger charge is -2.30. The standard InChI is InChI=1S/C25H19F2N3O4/c1-15(23(32)28-21-12-11-16(26)13-20(21)27)30(17-7-3-2-4-8-17)22(31)14-29-24(33)18-9-5-6-10-19(18)25(29)34/h2-13,15H,14H2,1H3,(H,28,32). The predicted molar refractivity (Wildman–Crippen MR) is 120 cm³/mol. The number of rotatable bonds is 6. The molecule has 1 heterocycles. The van der Waals surface area contributed by atoms with Crippen molar-refractivity contribution in [3.8, 4) is 0 Å². The Hall–Kier alpha value is -4.40. The summed E-state index contributed by atoms with van der Waals surface area (Å²) in [6.45, 7) is 0.827. The summed E-state index contributed by atoms with van der Waals surface area (Å²) < 4.78 is 27.2. The summed E-state index contributed by atoms with van der Waals surface area (Å²) in [7, 11) is 0. The van der Waals surface area contributed by atoms with Crippen molar-refractivity contribution in [2.45, 2.75) is 13.0 Å². The molecule has 0 spiro atoms. The Morgan fingerprint density at radius 1 is 0.912 bits per heavy atom. The number of nitrogens with one attached hydrogen (secondary N) is 1. The van der Waals surface area contributed by atoms with Crippen LogP contribution < -0.4 is 10.2 Å². The molecular weight excluding hydrogens is 444 g/mol. The van der Waals surface area contributed by atoms with E-state index in [4.69, 9.17) is 0 Å². The minimum absolute atomic E-state index is 0.198. The first-order valence-corrected chi connectivity index (χ1v) is 10.4. The zero-order valence-corrected chi connectivity index (χ0v) is 18.0. The molecule has 1 N–H and O–H groups in total. The molecule has 0 bridgehead atoms. The van der Waals surface area contributed by atoms with Crippen LogP contribution in [0.3, 0.4) is 0 Å². The average Bonchev–Trinajstić information content (AvgIpc) is 3.06. The fraction of sp³-hybridized carbons (Fsp3) is 0.120. The van der Waals surface area contributed by atoms with Gasteiger partial charge in [-0.2, -0.15) is 0 Å². The van der Waals surface area contributed by atoms with Crippen LogP contribution in [0.1, 0.15) is 27.6 Å². The summed E-state index contributed by atoms with van der Waals surface area (Å²) in [4.78, 5) is 53.6. The monoisotopic (exact) mass is 463 g/mol. The molecule has 0 aliphatic carbocycles. The van der Waals surface area contributed by atoms with Crippen LogP contribution in [-0.4, -0.2) is 41.1 Å². The number of hydrogen-bond acceptors (Lipinski definition) is 4. The van der Waals surface area contributed by atoms with Gasteiger partial charge in [0.25, 0.3) is 11.8 Å². The Morgan fingerprint density at radius 2 is 1.50 bits per heavy atom. The van der Waals surface area contributed by atoms with Gasteiger partial charge < -0.3 is 5.32 Å². The maximum atomic E-state index is 14.0.